The van der Waals surface area contributed by atoms with Gasteiger partial charge in [-0.05, 0) is 50.5 Å². The van der Waals surface area contributed by atoms with E-state index < -0.39 is 0 Å². The normalized spacial score (nSPS) is 11.9. The van der Waals surface area contributed by atoms with Crippen molar-refractivity contribution in [2.45, 2.75) is 47.1 Å². The molecule has 3 rings (SSSR count). The highest BCUT2D eigenvalue weighted by Crippen LogP contribution is 2.33. The number of hydrogen-bond donors (Lipinski definition) is 1. The third-order valence-corrected chi connectivity index (χ3v) is 5.31. The van der Waals surface area contributed by atoms with Gasteiger partial charge in [0.1, 0.15) is 0 Å². The first-order chi connectivity index (χ1) is 13.2. The van der Waals surface area contributed by atoms with Crippen LogP contribution in [0.25, 0.3) is 21.8 Å². The highest BCUT2D eigenvalue weighted by atomic mass is 15.1. The van der Waals surface area contributed by atoms with E-state index in [9.17, 15) is 0 Å². The number of unbranched alkanes of at least 4 members (excludes halogenated alkanes) is 1. The van der Waals surface area contributed by atoms with Gasteiger partial charge in [0, 0.05) is 35.6 Å². The quantitative estimate of drug-likeness (QED) is 0.489. The summed E-state index contributed by atoms with van der Waals surface area (Å²) in [4.78, 5) is 7.18. The third kappa shape index (κ3) is 4.44. The second-order valence-electron chi connectivity index (χ2n) is 7.74. The molecule has 0 amide bonds. The lowest BCUT2D eigenvalue weighted by atomic mass is 10.2. The monoisotopic (exact) mass is 366 g/mol. The zero-order chi connectivity index (χ0) is 19.2. The van der Waals surface area contributed by atoms with Crippen LogP contribution in [0.2, 0.25) is 0 Å². The van der Waals surface area contributed by atoms with E-state index in [2.05, 4.69) is 72.8 Å². The zero-order valence-electron chi connectivity index (χ0n) is 17.3. The van der Waals surface area contributed by atoms with Crippen LogP contribution in [-0.4, -0.2) is 40.6 Å². The van der Waals surface area contributed by atoms with Crippen molar-refractivity contribution in [3.05, 3.63) is 36.5 Å². The van der Waals surface area contributed by atoms with Crippen molar-refractivity contribution < 1.29 is 0 Å². The van der Waals surface area contributed by atoms with Gasteiger partial charge in [-0.25, -0.2) is 4.98 Å². The molecule has 4 nitrogen and oxygen atoms in total. The molecule has 0 unspecified atom stereocenters. The van der Waals surface area contributed by atoms with Crippen molar-refractivity contribution >= 4 is 27.6 Å². The number of nitrogens with zero attached hydrogens (tertiary/aromatic N) is 3. The first-order valence-corrected chi connectivity index (χ1v) is 10.5. The van der Waals surface area contributed by atoms with Gasteiger partial charge in [-0.1, -0.05) is 45.9 Å². The van der Waals surface area contributed by atoms with E-state index in [1.807, 2.05) is 6.20 Å². The number of nitrogens with one attached hydrogen (secondary N) is 1. The fraction of sp³-hybridized carbons (Fsp3) is 0.522. The number of fused-ring (bicyclic) bond motifs is 3. The maximum atomic E-state index is 4.69. The lowest BCUT2D eigenvalue weighted by molar-refractivity contribution is 0.298. The van der Waals surface area contributed by atoms with Gasteiger partial charge < -0.3 is 14.8 Å². The maximum absolute atomic E-state index is 4.69. The Morgan fingerprint density at radius 3 is 2.56 bits per heavy atom. The average molecular weight is 367 g/mol. The Morgan fingerprint density at radius 1 is 1.04 bits per heavy atom. The van der Waals surface area contributed by atoms with E-state index in [-0.39, 0.29) is 0 Å². The smallest absolute Gasteiger partial charge is 0.150 e. The van der Waals surface area contributed by atoms with Crippen LogP contribution < -0.4 is 5.32 Å². The molecule has 2 aromatic heterocycles. The Hall–Kier alpha value is -2.07. The number of aromatic nitrogens is 2. The molecule has 0 spiro atoms. The molecule has 0 radical (unpaired) electrons. The number of anilines is 1. The fourth-order valence-corrected chi connectivity index (χ4v) is 3.89. The molecule has 0 fully saturated rings. The molecule has 2 heterocycles. The first-order valence-electron chi connectivity index (χ1n) is 10.5. The second kappa shape index (κ2) is 9.23. The average Bonchev–Trinajstić information content (AvgIpc) is 2.99. The maximum Gasteiger partial charge on any atom is 0.150 e. The van der Waals surface area contributed by atoms with Crippen molar-refractivity contribution in [1.82, 2.24) is 14.5 Å². The van der Waals surface area contributed by atoms with Crippen LogP contribution in [0, 0.1) is 5.92 Å². The van der Waals surface area contributed by atoms with E-state index in [1.165, 1.54) is 41.2 Å². The topological polar surface area (TPSA) is 33.1 Å². The van der Waals surface area contributed by atoms with Crippen LogP contribution in [0.3, 0.4) is 0 Å². The van der Waals surface area contributed by atoms with Gasteiger partial charge in [0.05, 0.1) is 5.52 Å². The molecular weight excluding hydrogens is 332 g/mol. The molecule has 0 aliphatic heterocycles. The Morgan fingerprint density at radius 2 is 1.81 bits per heavy atom. The highest BCUT2D eigenvalue weighted by Gasteiger charge is 2.15. The SMILES string of the molecule is CCN(CC)CCCCNc1nccc2c3ccccc3n(CC(C)C)c12. The molecule has 0 atom stereocenters. The van der Waals surface area contributed by atoms with Gasteiger partial charge in [0.15, 0.2) is 5.82 Å². The molecule has 146 valence electrons. The summed E-state index contributed by atoms with van der Waals surface area (Å²) >= 11 is 0. The highest BCUT2D eigenvalue weighted by molar-refractivity contribution is 6.11. The molecule has 0 aliphatic carbocycles. The minimum absolute atomic E-state index is 0.589. The van der Waals surface area contributed by atoms with Crippen LogP contribution >= 0.6 is 0 Å². The van der Waals surface area contributed by atoms with E-state index in [4.69, 9.17) is 4.98 Å². The predicted molar refractivity (Wildman–Crippen MR) is 118 cm³/mol. The largest absolute Gasteiger partial charge is 0.368 e. The summed E-state index contributed by atoms with van der Waals surface area (Å²) in [5.74, 6) is 1.61. The number of para-hydroxylation sites is 1. The lowest BCUT2D eigenvalue weighted by Crippen LogP contribution is -2.24. The van der Waals surface area contributed by atoms with Gasteiger partial charge in [-0.15, -0.1) is 0 Å². The summed E-state index contributed by atoms with van der Waals surface area (Å²) in [6, 6.07) is 10.9. The van der Waals surface area contributed by atoms with Crippen LogP contribution in [0.15, 0.2) is 36.5 Å². The van der Waals surface area contributed by atoms with E-state index in [1.54, 1.807) is 0 Å². The van der Waals surface area contributed by atoms with Crippen LogP contribution in [0.5, 0.6) is 0 Å². The number of benzene rings is 1. The molecule has 0 saturated heterocycles. The van der Waals surface area contributed by atoms with Crippen molar-refractivity contribution in [1.29, 1.82) is 0 Å². The van der Waals surface area contributed by atoms with Crippen LogP contribution in [0.4, 0.5) is 5.82 Å². The molecular formula is C23H34N4. The third-order valence-electron chi connectivity index (χ3n) is 5.31. The molecule has 4 heteroatoms. The van der Waals surface area contributed by atoms with Gasteiger partial charge in [-0.2, -0.15) is 0 Å². The summed E-state index contributed by atoms with van der Waals surface area (Å²) in [5, 5.41) is 6.24. The van der Waals surface area contributed by atoms with Crippen LogP contribution in [-0.2, 0) is 6.54 Å². The Kier molecular flexibility index (Phi) is 6.73. The molecule has 27 heavy (non-hydrogen) atoms. The fourth-order valence-electron chi connectivity index (χ4n) is 3.89. The van der Waals surface area contributed by atoms with Crippen molar-refractivity contribution in [3.63, 3.8) is 0 Å². The van der Waals surface area contributed by atoms with Gasteiger partial charge in [0.2, 0.25) is 0 Å². The minimum atomic E-state index is 0.589. The summed E-state index contributed by atoms with van der Waals surface area (Å²) in [6.07, 6.45) is 4.32. The lowest BCUT2D eigenvalue weighted by Gasteiger charge is -2.17. The predicted octanol–water partition coefficient (Wildman–Crippen LogP) is 5.38. The molecule has 0 bridgehead atoms. The van der Waals surface area contributed by atoms with Gasteiger partial charge >= 0.3 is 0 Å². The second-order valence-corrected chi connectivity index (χ2v) is 7.74. The molecule has 1 N–H and O–H groups in total. The van der Waals surface area contributed by atoms with Crippen molar-refractivity contribution in [2.75, 3.05) is 31.5 Å². The summed E-state index contributed by atoms with van der Waals surface area (Å²) in [6.45, 7) is 14.5. The Labute approximate surface area is 163 Å². The van der Waals surface area contributed by atoms with E-state index >= 15 is 0 Å². The van der Waals surface area contributed by atoms with Gasteiger partial charge in [0.25, 0.3) is 0 Å². The van der Waals surface area contributed by atoms with Crippen LogP contribution in [0.1, 0.15) is 40.5 Å². The summed E-state index contributed by atoms with van der Waals surface area (Å²) < 4.78 is 2.45. The van der Waals surface area contributed by atoms with Crippen molar-refractivity contribution in [2.24, 2.45) is 5.92 Å². The molecule has 0 aliphatic rings. The number of rotatable bonds is 10. The minimum Gasteiger partial charge on any atom is -0.368 e. The molecule has 1 aromatic carbocycles. The summed E-state index contributed by atoms with van der Waals surface area (Å²) in [7, 11) is 0. The van der Waals surface area contributed by atoms with Crippen molar-refractivity contribution in [3.8, 4) is 0 Å². The molecule has 3 aromatic rings. The van der Waals surface area contributed by atoms with Gasteiger partial charge in [-0.3, -0.25) is 0 Å². The van der Waals surface area contributed by atoms with E-state index in [0.717, 1.165) is 32.0 Å². The molecule has 0 saturated carbocycles. The van der Waals surface area contributed by atoms with E-state index in [0.29, 0.717) is 5.92 Å². The number of pyridine rings is 1. The Balaban J connectivity index is 1.81. The number of hydrogen-bond acceptors (Lipinski definition) is 3. The Bertz CT molecular complexity index is 861. The standard InChI is InChI=1S/C23H34N4/c1-5-26(6-2)16-10-9-14-24-23-22-20(13-15-25-23)19-11-7-8-12-21(19)27(22)17-18(3)4/h7-8,11-13,15,18H,5-6,9-10,14,16-17H2,1-4H3,(H,24,25). The zero-order valence-corrected chi connectivity index (χ0v) is 17.3. The first kappa shape index (κ1) is 19.7. The summed E-state index contributed by atoms with van der Waals surface area (Å²) in [5.41, 5.74) is 2.55.